The maximum atomic E-state index is 12.2. The molecule has 2 atom stereocenters. The number of aromatic nitrogens is 4. The highest BCUT2D eigenvalue weighted by Crippen LogP contribution is 2.50. The number of aliphatic hydroxyl groups is 1. The fourth-order valence-corrected chi connectivity index (χ4v) is 11.3. The number of carbonyl (C=O) groups is 3. The van der Waals surface area contributed by atoms with Crippen LogP contribution in [0.5, 0.6) is 0 Å². The number of Topliss-reactive ketones (excluding diaryl/α,β-unsaturated/α-hetero) is 1. The summed E-state index contributed by atoms with van der Waals surface area (Å²) in [5.74, 6) is 8.92. The van der Waals surface area contributed by atoms with Crippen molar-refractivity contribution in [2.75, 3.05) is 56.3 Å². The second kappa shape index (κ2) is 25.0. The van der Waals surface area contributed by atoms with Gasteiger partial charge in [-0.2, -0.15) is 0 Å². The number of likely N-dealkylation sites (N-methyl/N-ethyl adjacent to an activating group) is 1. The maximum Gasteiger partial charge on any atom is 0.324 e. The predicted molar refractivity (Wildman–Crippen MR) is 309 cm³/mol. The van der Waals surface area contributed by atoms with Crippen LogP contribution in [0.15, 0.2) is 47.0 Å². The number of anilines is 2. The second-order valence-electron chi connectivity index (χ2n) is 25.7. The molecule has 10 aliphatic rings. The van der Waals surface area contributed by atoms with Crippen molar-refractivity contribution in [3.8, 4) is 0 Å². The first kappa shape index (κ1) is 59.1. The summed E-state index contributed by atoms with van der Waals surface area (Å²) in [5.41, 5.74) is 8.00. The van der Waals surface area contributed by atoms with E-state index in [-0.39, 0.29) is 29.9 Å². The number of nitrogens with zero attached hydrogens (tertiary/aromatic N) is 8. The number of hydrogen-bond acceptors (Lipinski definition) is 16. The molecule has 5 aliphatic heterocycles. The molecule has 0 bridgehead atoms. The van der Waals surface area contributed by atoms with Gasteiger partial charge in [0, 0.05) is 80.8 Å². The zero-order valence-corrected chi connectivity index (χ0v) is 50.3. The Balaban J connectivity index is 0.000000115. The lowest BCUT2D eigenvalue weighted by atomic mass is 9.82. The minimum Gasteiger partial charge on any atom is -0.493 e. The molecule has 14 rings (SSSR count). The van der Waals surface area contributed by atoms with Crippen molar-refractivity contribution in [2.24, 2.45) is 22.9 Å². The number of hydrogen-bond donors (Lipinski definition) is 1. The summed E-state index contributed by atoms with van der Waals surface area (Å²) in [6.45, 7) is 24.7. The fraction of sp³-hybridized carbons (Fsp3) is 0.683. The van der Waals surface area contributed by atoms with Crippen molar-refractivity contribution in [2.45, 2.75) is 212 Å². The lowest BCUT2D eigenvalue weighted by Gasteiger charge is -2.33. The van der Waals surface area contributed by atoms with Crippen LogP contribution in [0.3, 0.4) is 0 Å². The average molecular weight is 1130 g/mol. The summed E-state index contributed by atoms with van der Waals surface area (Å²) in [4.78, 5) is 47.1. The van der Waals surface area contributed by atoms with Gasteiger partial charge in [0.05, 0.1) is 48.4 Å². The maximum absolute atomic E-state index is 12.2. The Morgan fingerprint density at radius 2 is 1.22 bits per heavy atom. The molecule has 19 nitrogen and oxygen atoms in total. The molecule has 3 amide bonds. The van der Waals surface area contributed by atoms with E-state index in [1.807, 2.05) is 30.7 Å². The minimum atomic E-state index is -0.930. The van der Waals surface area contributed by atoms with Crippen LogP contribution in [-0.2, 0) is 29.5 Å². The molecule has 2 unspecified atom stereocenters. The number of oxime groups is 1. The molecule has 0 spiro atoms. The van der Waals surface area contributed by atoms with E-state index < -0.39 is 5.60 Å². The Bertz CT molecular complexity index is 2930. The van der Waals surface area contributed by atoms with Gasteiger partial charge in [0.1, 0.15) is 34.6 Å². The van der Waals surface area contributed by atoms with Crippen LogP contribution >= 0.6 is 0 Å². The van der Waals surface area contributed by atoms with Crippen molar-refractivity contribution in [3.05, 3.63) is 75.2 Å². The van der Waals surface area contributed by atoms with Crippen LogP contribution < -0.4 is 9.80 Å². The van der Waals surface area contributed by atoms with E-state index in [9.17, 15) is 19.5 Å². The summed E-state index contributed by atoms with van der Waals surface area (Å²) in [7, 11) is 1.84. The molecule has 446 valence electrons. The van der Waals surface area contributed by atoms with Gasteiger partial charge in [0.15, 0.2) is 34.4 Å². The van der Waals surface area contributed by atoms with Crippen molar-refractivity contribution >= 4 is 40.6 Å². The highest BCUT2D eigenvalue weighted by molar-refractivity contribution is 6.06. The van der Waals surface area contributed by atoms with Crippen LogP contribution in [0.2, 0.25) is 0 Å². The molecule has 4 aromatic heterocycles. The van der Waals surface area contributed by atoms with E-state index in [0.29, 0.717) is 84.9 Å². The Hall–Kier alpha value is -6.08. The molecular formula is C63H88N8O11. The number of rotatable bonds is 14. The Kier molecular flexibility index (Phi) is 18.0. The first-order valence-electron chi connectivity index (χ1n) is 30.7. The van der Waals surface area contributed by atoms with E-state index in [2.05, 4.69) is 93.3 Å². The molecule has 3 saturated heterocycles. The topological polar surface area (TPSA) is 225 Å². The van der Waals surface area contributed by atoms with E-state index in [1.54, 1.807) is 11.0 Å². The SMILES string of the molecule is CC(C)C1=NOC(C2CC2)C1C1=CCCC1=O.CC(C)c1cc(C2(O)COC2)on1.CC(C)c1noc(C2CC2)c1C1=CCCCO1.CC(C)c1noc(C2CC2)c1N1CCCC1=O.CC(C)c1noc(C2CC2)c1N1CCN(C)C1=O. The Morgan fingerprint density at radius 1 is 0.622 bits per heavy atom. The molecule has 1 N–H and O–H groups in total. The van der Waals surface area contributed by atoms with Gasteiger partial charge in [-0.15, -0.1) is 0 Å². The van der Waals surface area contributed by atoms with Gasteiger partial charge in [-0.05, 0) is 107 Å². The molecule has 82 heavy (non-hydrogen) atoms. The number of allylic oxidation sites excluding steroid dienone is 2. The minimum absolute atomic E-state index is 0.0574. The van der Waals surface area contributed by atoms with Crippen LogP contribution in [0, 0.1) is 17.8 Å². The smallest absolute Gasteiger partial charge is 0.324 e. The normalized spacial score (nSPS) is 23.0. The van der Waals surface area contributed by atoms with Crippen LogP contribution in [0.1, 0.15) is 252 Å². The number of ketones is 1. The number of carbonyl (C=O) groups excluding carboxylic acids is 3. The van der Waals surface area contributed by atoms with E-state index in [1.165, 1.54) is 38.5 Å². The first-order valence-corrected chi connectivity index (χ1v) is 30.7. The highest BCUT2D eigenvalue weighted by Gasteiger charge is 2.49. The summed E-state index contributed by atoms with van der Waals surface area (Å²) < 4.78 is 32.3. The van der Waals surface area contributed by atoms with Gasteiger partial charge >= 0.3 is 6.03 Å². The van der Waals surface area contributed by atoms with E-state index in [4.69, 9.17) is 32.4 Å². The second-order valence-corrected chi connectivity index (χ2v) is 25.7. The zero-order valence-electron chi connectivity index (χ0n) is 50.3. The van der Waals surface area contributed by atoms with Gasteiger partial charge in [-0.25, -0.2) is 4.79 Å². The van der Waals surface area contributed by atoms with Crippen molar-refractivity contribution in [1.29, 1.82) is 0 Å². The summed E-state index contributed by atoms with van der Waals surface area (Å²) in [6.07, 6.45) is 19.4. The van der Waals surface area contributed by atoms with Crippen molar-refractivity contribution < 1.29 is 51.9 Å². The molecule has 5 aliphatic carbocycles. The van der Waals surface area contributed by atoms with Crippen molar-refractivity contribution in [1.82, 2.24) is 25.5 Å². The highest BCUT2D eigenvalue weighted by atomic mass is 16.6. The van der Waals surface area contributed by atoms with Gasteiger partial charge in [0.2, 0.25) is 5.91 Å². The number of urea groups is 1. The van der Waals surface area contributed by atoms with E-state index >= 15 is 0 Å². The third-order valence-corrected chi connectivity index (χ3v) is 16.9. The monoisotopic (exact) mass is 1130 g/mol. The summed E-state index contributed by atoms with van der Waals surface area (Å²) >= 11 is 0. The Labute approximate surface area is 482 Å². The van der Waals surface area contributed by atoms with Gasteiger partial charge in [-0.1, -0.05) is 101 Å². The number of amides is 3. The summed E-state index contributed by atoms with van der Waals surface area (Å²) in [5, 5.41) is 30.6. The largest absolute Gasteiger partial charge is 0.493 e. The van der Waals surface area contributed by atoms with Crippen LogP contribution in [-0.4, -0.2) is 107 Å². The van der Waals surface area contributed by atoms with Gasteiger partial charge < -0.3 is 47.3 Å². The number of ether oxygens (including phenoxy) is 2. The van der Waals surface area contributed by atoms with Gasteiger partial charge in [0.25, 0.3) is 0 Å². The molecular weight excluding hydrogens is 1040 g/mol. The molecule has 4 saturated carbocycles. The van der Waals surface area contributed by atoms with E-state index in [0.717, 1.165) is 139 Å². The van der Waals surface area contributed by atoms with Crippen LogP contribution in [0.25, 0.3) is 5.76 Å². The third-order valence-electron chi connectivity index (χ3n) is 16.9. The molecule has 0 radical (unpaired) electrons. The quantitative estimate of drug-likeness (QED) is 0.124. The molecule has 9 heterocycles. The Morgan fingerprint density at radius 3 is 1.67 bits per heavy atom. The lowest BCUT2D eigenvalue weighted by molar-refractivity contribution is -0.195. The molecule has 4 aromatic rings. The lowest BCUT2D eigenvalue weighted by Crippen LogP contribution is -2.46. The molecule has 19 heteroatoms. The predicted octanol–water partition coefficient (Wildman–Crippen LogP) is 12.9. The standard InChI is InChI=1S/2C14H19NO2.C13H19N3O2.C13H18N2O2.C9H13NO3/c1-9(2)13-12(11-5-3-4-8-16-11)14(17-15-13)10-6-7-10;1-8(2)13-12(10-4-3-5-11(10)16)14(17-15-13)9-6-7-9;1-8(2)10-11(12(18-14-10)9-4-5-9)16-7-6-15(3)13(16)17;1-8(2)11-12(15-7-3-4-10(15)16)13(17-14-11)9-5-6-9;1-6(2)7-3-8(13-10-7)9(11)4-12-5-9/h5,9-10H,3-4,6-8H2,1-2H3;4,8-9,12,14H,3,5-7H2,1-2H3;8-9H,4-7H2,1-3H3;8-9H,3-7H2,1-2H3;3,6,11H,4-5H2,1-2H3. The van der Waals surface area contributed by atoms with Crippen molar-refractivity contribution in [3.63, 3.8) is 0 Å². The molecule has 7 fully saturated rings. The average Bonchev–Trinajstić information content (AvgIpc) is 4.16. The molecule has 0 aromatic carbocycles. The van der Waals surface area contributed by atoms with Crippen LogP contribution in [0.4, 0.5) is 16.2 Å². The third kappa shape index (κ3) is 13.0. The first-order chi connectivity index (χ1) is 39.3. The summed E-state index contributed by atoms with van der Waals surface area (Å²) in [6, 6.07) is 1.86. The van der Waals surface area contributed by atoms with Gasteiger partial charge in [-0.3, -0.25) is 14.5 Å². The zero-order chi connectivity index (χ0) is 58.1. The fourth-order valence-electron chi connectivity index (χ4n) is 11.3.